The summed E-state index contributed by atoms with van der Waals surface area (Å²) in [6.07, 6.45) is 1.25. The van der Waals surface area contributed by atoms with Crippen LogP contribution in [0.5, 0.6) is 0 Å². The third kappa shape index (κ3) is 3.71. The molecule has 4 rings (SSSR count). The molecular weight excluding hydrogens is 362 g/mol. The molecule has 1 aliphatic carbocycles. The van der Waals surface area contributed by atoms with E-state index in [9.17, 15) is 9.59 Å². The molecule has 8 heteroatoms. The van der Waals surface area contributed by atoms with E-state index in [0.29, 0.717) is 22.8 Å². The number of carbonyl (C=O) groups is 2. The van der Waals surface area contributed by atoms with Gasteiger partial charge < -0.3 is 4.98 Å². The van der Waals surface area contributed by atoms with Gasteiger partial charge in [0.25, 0.3) is 0 Å². The third-order valence-corrected chi connectivity index (χ3v) is 5.35. The number of hydrogen-bond donors (Lipinski definition) is 2. The van der Waals surface area contributed by atoms with Gasteiger partial charge in [-0.15, -0.1) is 0 Å². The van der Waals surface area contributed by atoms with Gasteiger partial charge in [0.05, 0.1) is 33.7 Å². The topological polar surface area (TPSA) is 101 Å². The van der Waals surface area contributed by atoms with E-state index in [1.807, 2.05) is 31.2 Å². The first-order chi connectivity index (χ1) is 13.0. The van der Waals surface area contributed by atoms with Gasteiger partial charge in [-0.1, -0.05) is 30.8 Å². The number of H-pyrrole nitrogens is 1. The van der Waals surface area contributed by atoms with E-state index in [-0.39, 0.29) is 29.3 Å². The van der Waals surface area contributed by atoms with Crippen LogP contribution in [-0.4, -0.2) is 37.4 Å². The van der Waals surface area contributed by atoms with Gasteiger partial charge in [-0.25, -0.2) is 15.0 Å². The van der Waals surface area contributed by atoms with E-state index < -0.39 is 0 Å². The molecule has 1 amide bonds. The molecule has 1 aliphatic rings. The van der Waals surface area contributed by atoms with Crippen molar-refractivity contribution in [2.24, 2.45) is 5.92 Å². The predicted octanol–water partition coefficient (Wildman–Crippen LogP) is 3.16. The molecule has 0 fully saturated rings. The Hall–Kier alpha value is -2.74. The van der Waals surface area contributed by atoms with E-state index in [1.54, 1.807) is 6.92 Å². The number of aromatic amines is 1. The summed E-state index contributed by atoms with van der Waals surface area (Å²) in [5, 5.41) is 3.42. The van der Waals surface area contributed by atoms with Crippen LogP contribution in [0.4, 0.5) is 5.95 Å². The molecule has 1 unspecified atom stereocenters. The van der Waals surface area contributed by atoms with Crippen molar-refractivity contribution in [1.29, 1.82) is 0 Å². The lowest BCUT2D eigenvalue weighted by atomic mass is 9.86. The Balaban J connectivity index is 1.44. The zero-order chi connectivity index (χ0) is 19.0. The molecule has 27 heavy (non-hydrogen) atoms. The summed E-state index contributed by atoms with van der Waals surface area (Å²) in [5.74, 6) is 0.568. The maximum absolute atomic E-state index is 12.3. The first-order valence-electron chi connectivity index (χ1n) is 8.77. The smallest absolute Gasteiger partial charge is 0.237 e. The minimum atomic E-state index is -0.213. The highest BCUT2D eigenvalue weighted by Crippen LogP contribution is 2.26. The van der Waals surface area contributed by atoms with Crippen molar-refractivity contribution in [2.45, 2.75) is 31.8 Å². The minimum absolute atomic E-state index is 0.0829. The lowest BCUT2D eigenvalue weighted by Crippen LogP contribution is -2.24. The number of Topliss-reactive ketones (excluding diaryl/α,β-unsaturated/α-hetero) is 1. The molecule has 1 aromatic carbocycles. The van der Waals surface area contributed by atoms with E-state index >= 15 is 0 Å². The molecular formula is C19H19N5O2S. The van der Waals surface area contributed by atoms with Crippen molar-refractivity contribution in [3.8, 4) is 0 Å². The summed E-state index contributed by atoms with van der Waals surface area (Å²) in [6.45, 7) is 3.81. The van der Waals surface area contributed by atoms with Crippen molar-refractivity contribution in [3.05, 3.63) is 41.2 Å². The molecule has 0 aliphatic heterocycles. The Labute approximate surface area is 160 Å². The standard InChI is InChI=1S/C19H19N5O2S/c1-10-7-14-17(15(25)8-10)11(2)20-18(21-14)24-16(26)9-27-19-22-12-5-3-4-6-13(12)23-19/h3-6,10H,7-9H2,1-2H3,(H,22,23)(H,20,21,24,26). The Morgan fingerprint density at radius 1 is 1.26 bits per heavy atom. The number of amides is 1. The maximum atomic E-state index is 12.3. The molecule has 3 aromatic rings. The number of para-hydroxylation sites is 2. The zero-order valence-corrected chi connectivity index (χ0v) is 15.9. The number of hydrogen-bond acceptors (Lipinski definition) is 6. The fraction of sp³-hybridized carbons (Fsp3) is 0.316. The Kier molecular flexibility index (Phi) is 4.65. The van der Waals surface area contributed by atoms with Crippen molar-refractivity contribution in [1.82, 2.24) is 19.9 Å². The van der Waals surface area contributed by atoms with Crippen molar-refractivity contribution in [3.63, 3.8) is 0 Å². The summed E-state index contributed by atoms with van der Waals surface area (Å²) >= 11 is 1.32. The molecule has 138 valence electrons. The van der Waals surface area contributed by atoms with Gasteiger partial charge in [0.2, 0.25) is 11.9 Å². The van der Waals surface area contributed by atoms with Crippen LogP contribution >= 0.6 is 11.8 Å². The second-order valence-corrected chi connectivity index (χ2v) is 7.75. The summed E-state index contributed by atoms with van der Waals surface area (Å²) < 4.78 is 0. The number of nitrogens with zero attached hydrogens (tertiary/aromatic N) is 3. The van der Waals surface area contributed by atoms with E-state index in [1.165, 1.54) is 11.8 Å². The van der Waals surface area contributed by atoms with Gasteiger partial charge in [0.15, 0.2) is 10.9 Å². The van der Waals surface area contributed by atoms with E-state index in [4.69, 9.17) is 0 Å². The van der Waals surface area contributed by atoms with Crippen molar-refractivity contribution < 1.29 is 9.59 Å². The summed E-state index contributed by atoms with van der Waals surface area (Å²) in [7, 11) is 0. The van der Waals surface area contributed by atoms with Crippen molar-refractivity contribution >= 4 is 40.4 Å². The molecule has 2 N–H and O–H groups in total. The number of anilines is 1. The number of carbonyl (C=O) groups excluding carboxylic acids is 2. The predicted molar refractivity (Wildman–Crippen MR) is 104 cm³/mol. The number of imidazole rings is 1. The highest BCUT2D eigenvalue weighted by molar-refractivity contribution is 7.99. The minimum Gasteiger partial charge on any atom is -0.333 e. The molecule has 0 bridgehead atoms. The summed E-state index contributed by atoms with van der Waals surface area (Å²) in [6, 6.07) is 7.72. The van der Waals surface area contributed by atoms with Crippen molar-refractivity contribution in [2.75, 3.05) is 11.1 Å². The first kappa shape index (κ1) is 17.7. The number of aromatic nitrogens is 4. The highest BCUT2D eigenvalue weighted by atomic mass is 32.2. The van der Waals surface area contributed by atoms with E-state index in [2.05, 4.69) is 25.3 Å². The van der Waals surface area contributed by atoms with Crippen LogP contribution in [-0.2, 0) is 11.2 Å². The molecule has 1 atom stereocenters. The third-order valence-electron chi connectivity index (χ3n) is 4.48. The molecule has 0 spiro atoms. The maximum Gasteiger partial charge on any atom is 0.237 e. The van der Waals surface area contributed by atoms with E-state index in [0.717, 1.165) is 23.1 Å². The number of aryl methyl sites for hydroxylation is 1. The number of nitrogens with one attached hydrogen (secondary N) is 2. The summed E-state index contributed by atoms with van der Waals surface area (Å²) in [4.78, 5) is 40.8. The molecule has 0 saturated heterocycles. The van der Waals surface area contributed by atoms with Crippen LogP contribution in [0.15, 0.2) is 29.4 Å². The number of thioether (sulfide) groups is 1. The quantitative estimate of drug-likeness (QED) is 0.673. The van der Waals surface area contributed by atoms with Gasteiger partial charge >= 0.3 is 0 Å². The second-order valence-electron chi connectivity index (χ2n) is 6.79. The van der Waals surface area contributed by atoms with Crippen LogP contribution in [0.25, 0.3) is 11.0 Å². The first-order valence-corrected chi connectivity index (χ1v) is 9.76. The Bertz CT molecular complexity index is 1010. The van der Waals surface area contributed by atoms with Gasteiger partial charge in [0, 0.05) is 6.42 Å². The van der Waals surface area contributed by atoms with Gasteiger partial charge in [0.1, 0.15) is 0 Å². The normalized spacial score (nSPS) is 16.4. The van der Waals surface area contributed by atoms with Crippen LogP contribution < -0.4 is 5.32 Å². The number of fused-ring (bicyclic) bond motifs is 2. The molecule has 0 radical (unpaired) electrons. The van der Waals surface area contributed by atoms with Crippen LogP contribution in [0.1, 0.15) is 35.1 Å². The molecule has 0 saturated carbocycles. The lowest BCUT2D eigenvalue weighted by Gasteiger charge is -2.21. The largest absolute Gasteiger partial charge is 0.333 e. The Morgan fingerprint density at radius 2 is 2.07 bits per heavy atom. The fourth-order valence-corrected chi connectivity index (χ4v) is 4.00. The Morgan fingerprint density at radius 3 is 2.89 bits per heavy atom. The lowest BCUT2D eigenvalue weighted by molar-refractivity contribution is -0.113. The SMILES string of the molecule is Cc1nc(NC(=O)CSc2nc3ccccc3[nH]2)nc2c1C(=O)CC(C)C2. The number of ketones is 1. The second kappa shape index (κ2) is 7.11. The van der Waals surface area contributed by atoms with Gasteiger partial charge in [-0.2, -0.15) is 0 Å². The van der Waals surface area contributed by atoms with Crippen LogP contribution in [0, 0.1) is 12.8 Å². The zero-order valence-electron chi connectivity index (χ0n) is 15.1. The number of rotatable bonds is 4. The monoisotopic (exact) mass is 381 g/mol. The van der Waals surface area contributed by atoms with Gasteiger partial charge in [-0.3, -0.25) is 14.9 Å². The summed E-state index contributed by atoms with van der Waals surface area (Å²) in [5.41, 5.74) is 3.77. The average molecular weight is 381 g/mol. The molecule has 2 aromatic heterocycles. The number of benzene rings is 1. The molecule has 7 nitrogen and oxygen atoms in total. The fourth-order valence-electron chi connectivity index (χ4n) is 3.31. The van der Waals surface area contributed by atoms with Crippen LogP contribution in [0.2, 0.25) is 0 Å². The van der Waals surface area contributed by atoms with Gasteiger partial charge in [-0.05, 0) is 31.4 Å². The van der Waals surface area contributed by atoms with Crippen LogP contribution in [0.3, 0.4) is 0 Å². The average Bonchev–Trinajstić information content (AvgIpc) is 3.02. The molecule has 2 heterocycles. The highest BCUT2D eigenvalue weighted by Gasteiger charge is 2.26.